The zero-order chi connectivity index (χ0) is 24.6. The van der Waals surface area contributed by atoms with Gasteiger partial charge in [0.25, 0.3) is 10.0 Å². The molecule has 0 saturated carbocycles. The average molecular weight is 481 g/mol. The molecular weight excluding hydrogens is 456 g/mol. The number of rotatable bonds is 5. The number of esters is 1. The zero-order valence-corrected chi connectivity index (χ0v) is 20.0. The van der Waals surface area contributed by atoms with Crippen molar-refractivity contribution < 1.29 is 27.5 Å². The van der Waals surface area contributed by atoms with Gasteiger partial charge >= 0.3 is 12.0 Å². The highest BCUT2D eigenvalue weighted by atomic mass is 32.2. The number of ether oxygens (including phenoxy) is 2. The number of hydrogen-bond acceptors (Lipinski definition) is 6. The van der Waals surface area contributed by atoms with Crippen molar-refractivity contribution in [3.8, 4) is 5.75 Å². The van der Waals surface area contributed by atoms with Crippen LogP contribution in [0.4, 0.5) is 16.2 Å². The van der Waals surface area contributed by atoms with E-state index in [1.807, 2.05) is 13.0 Å². The minimum atomic E-state index is -4.15. The van der Waals surface area contributed by atoms with Gasteiger partial charge in [-0.1, -0.05) is 29.8 Å². The van der Waals surface area contributed by atoms with Crippen molar-refractivity contribution in [2.24, 2.45) is 0 Å². The molecule has 0 radical (unpaired) electrons. The van der Waals surface area contributed by atoms with E-state index in [0.29, 0.717) is 16.9 Å². The van der Waals surface area contributed by atoms with Gasteiger partial charge in [0.05, 0.1) is 37.7 Å². The lowest BCUT2D eigenvalue weighted by molar-refractivity contribution is 0.0600. The number of carbonyl (C=O) groups is 2. The molecule has 0 spiro atoms. The Bertz CT molecular complexity index is 1400. The van der Waals surface area contributed by atoms with Crippen molar-refractivity contribution in [2.75, 3.05) is 23.4 Å². The van der Waals surface area contributed by atoms with E-state index in [1.165, 1.54) is 25.2 Å². The Morgan fingerprint density at radius 2 is 1.68 bits per heavy atom. The van der Waals surface area contributed by atoms with Crippen molar-refractivity contribution in [2.45, 2.75) is 25.3 Å². The van der Waals surface area contributed by atoms with E-state index >= 15 is 0 Å². The highest BCUT2D eigenvalue weighted by Crippen LogP contribution is 2.39. The third-order valence-electron chi connectivity index (χ3n) is 5.68. The molecule has 0 N–H and O–H groups in total. The van der Waals surface area contributed by atoms with Gasteiger partial charge in [0.2, 0.25) is 0 Å². The average Bonchev–Trinajstić information content (AvgIpc) is 2.82. The standard InChI is InChI=1S/C25H24N2O6S/c1-16-9-11-20(17(2)13-16)27-25(29)26(21-7-5-6-8-23(21)34(27,30)31)15-19-14-18(24(28)33-4)10-12-22(19)32-3/h5-14H,15H2,1-4H3. The van der Waals surface area contributed by atoms with Crippen LogP contribution in [0, 0.1) is 13.8 Å². The summed E-state index contributed by atoms with van der Waals surface area (Å²) in [6, 6.07) is 15.6. The molecule has 0 unspecified atom stereocenters. The summed E-state index contributed by atoms with van der Waals surface area (Å²) in [5.74, 6) is -0.0850. The van der Waals surface area contributed by atoms with E-state index in [-0.39, 0.29) is 28.4 Å². The predicted molar refractivity (Wildman–Crippen MR) is 128 cm³/mol. The Morgan fingerprint density at radius 1 is 0.941 bits per heavy atom. The summed E-state index contributed by atoms with van der Waals surface area (Å²) in [7, 11) is -1.39. The van der Waals surface area contributed by atoms with E-state index in [4.69, 9.17) is 9.47 Å². The molecule has 0 fully saturated rings. The van der Waals surface area contributed by atoms with Crippen LogP contribution in [0.15, 0.2) is 65.6 Å². The summed E-state index contributed by atoms with van der Waals surface area (Å²) in [4.78, 5) is 27.2. The van der Waals surface area contributed by atoms with Crippen LogP contribution in [0.3, 0.4) is 0 Å². The summed E-state index contributed by atoms with van der Waals surface area (Å²) in [5.41, 5.74) is 2.94. The molecule has 3 aromatic carbocycles. The predicted octanol–water partition coefficient (Wildman–Crippen LogP) is 4.43. The summed E-state index contributed by atoms with van der Waals surface area (Å²) in [6.45, 7) is 3.63. The molecule has 0 bridgehead atoms. The molecule has 176 valence electrons. The van der Waals surface area contributed by atoms with Crippen LogP contribution in [0.2, 0.25) is 0 Å². The van der Waals surface area contributed by atoms with Gasteiger partial charge in [-0.2, -0.15) is 4.31 Å². The molecule has 0 atom stereocenters. The maximum Gasteiger partial charge on any atom is 0.343 e. The van der Waals surface area contributed by atoms with E-state index in [0.717, 1.165) is 9.87 Å². The second-order valence-electron chi connectivity index (χ2n) is 7.91. The first kappa shape index (κ1) is 23.3. The third kappa shape index (κ3) is 3.88. The summed E-state index contributed by atoms with van der Waals surface area (Å²) in [6.07, 6.45) is 0. The molecule has 2 amide bonds. The van der Waals surface area contributed by atoms with Gasteiger partial charge in [-0.25, -0.2) is 18.0 Å². The maximum atomic E-state index is 13.8. The number of para-hydroxylation sites is 1. The Hall–Kier alpha value is -3.85. The van der Waals surface area contributed by atoms with Gasteiger partial charge in [0.15, 0.2) is 0 Å². The number of anilines is 2. The fourth-order valence-corrected chi connectivity index (χ4v) is 5.71. The number of benzene rings is 3. The molecule has 0 saturated heterocycles. The Morgan fingerprint density at radius 3 is 2.35 bits per heavy atom. The number of methoxy groups -OCH3 is 2. The molecule has 3 aromatic rings. The molecule has 1 heterocycles. The topological polar surface area (TPSA) is 93.2 Å². The molecular formula is C25H24N2O6S. The van der Waals surface area contributed by atoms with Crippen LogP contribution in [0.1, 0.15) is 27.0 Å². The van der Waals surface area contributed by atoms with Crippen LogP contribution < -0.4 is 13.9 Å². The lowest BCUT2D eigenvalue weighted by Crippen LogP contribution is -2.51. The van der Waals surface area contributed by atoms with Crippen LogP contribution in [-0.4, -0.2) is 34.6 Å². The number of amides is 2. The van der Waals surface area contributed by atoms with Gasteiger partial charge in [-0.3, -0.25) is 4.90 Å². The highest BCUT2D eigenvalue weighted by Gasteiger charge is 2.43. The van der Waals surface area contributed by atoms with Gasteiger partial charge in [0.1, 0.15) is 10.6 Å². The SMILES string of the molecule is COC(=O)c1ccc(OC)c(CN2C(=O)N(c3ccc(C)cc3C)S(=O)(=O)c3ccccc32)c1. The number of carbonyl (C=O) groups excluding carboxylic acids is 2. The molecule has 9 heteroatoms. The largest absolute Gasteiger partial charge is 0.496 e. The van der Waals surface area contributed by atoms with Crippen LogP contribution >= 0.6 is 0 Å². The lowest BCUT2D eigenvalue weighted by Gasteiger charge is -2.37. The van der Waals surface area contributed by atoms with Crippen LogP contribution in [0.5, 0.6) is 5.75 Å². The van der Waals surface area contributed by atoms with Crippen molar-refractivity contribution >= 4 is 33.4 Å². The third-order valence-corrected chi connectivity index (χ3v) is 7.41. The van der Waals surface area contributed by atoms with Crippen molar-refractivity contribution in [1.82, 2.24) is 0 Å². The monoisotopic (exact) mass is 480 g/mol. The van der Waals surface area contributed by atoms with Gasteiger partial charge in [-0.15, -0.1) is 0 Å². The smallest absolute Gasteiger partial charge is 0.343 e. The zero-order valence-electron chi connectivity index (χ0n) is 19.2. The van der Waals surface area contributed by atoms with Crippen molar-refractivity contribution in [1.29, 1.82) is 0 Å². The molecule has 8 nitrogen and oxygen atoms in total. The Balaban J connectivity index is 1.88. The second kappa shape index (κ2) is 8.83. The van der Waals surface area contributed by atoms with Crippen LogP contribution in [0.25, 0.3) is 0 Å². The van der Waals surface area contributed by atoms with E-state index in [9.17, 15) is 18.0 Å². The number of urea groups is 1. The Kier molecular flexibility index (Phi) is 6.05. The fraction of sp³-hybridized carbons (Fsp3) is 0.200. The molecule has 4 rings (SSSR count). The highest BCUT2D eigenvalue weighted by molar-refractivity contribution is 7.94. The van der Waals surface area contributed by atoms with E-state index in [1.54, 1.807) is 55.5 Å². The summed E-state index contributed by atoms with van der Waals surface area (Å²) < 4.78 is 38.2. The van der Waals surface area contributed by atoms with E-state index < -0.39 is 22.0 Å². The normalized spacial score (nSPS) is 14.5. The van der Waals surface area contributed by atoms with E-state index in [2.05, 4.69) is 0 Å². The summed E-state index contributed by atoms with van der Waals surface area (Å²) >= 11 is 0. The quantitative estimate of drug-likeness (QED) is 0.502. The maximum absolute atomic E-state index is 13.8. The number of nitrogens with zero attached hydrogens (tertiary/aromatic N) is 2. The molecule has 0 aromatic heterocycles. The lowest BCUT2D eigenvalue weighted by atomic mass is 10.1. The summed E-state index contributed by atoms with van der Waals surface area (Å²) in [5, 5.41) is 0. The minimum absolute atomic E-state index is 0.0117. The van der Waals surface area contributed by atoms with Gasteiger partial charge in [0, 0.05) is 5.56 Å². The molecule has 1 aliphatic rings. The van der Waals surface area contributed by atoms with Crippen molar-refractivity contribution in [3.63, 3.8) is 0 Å². The molecule has 1 aliphatic heterocycles. The Labute approximate surface area is 198 Å². The van der Waals surface area contributed by atoms with Gasteiger partial charge in [-0.05, 0) is 55.8 Å². The fourth-order valence-electron chi connectivity index (χ4n) is 4.05. The van der Waals surface area contributed by atoms with Gasteiger partial charge < -0.3 is 9.47 Å². The van der Waals surface area contributed by atoms with Crippen LogP contribution in [-0.2, 0) is 21.3 Å². The number of aryl methyl sites for hydroxylation is 2. The molecule has 34 heavy (non-hydrogen) atoms. The number of sulfonamides is 1. The number of fused-ring (bicyclic) bond motifs is 1. The minimum Gasteiger partial charge on any atom is -0.496 e. The second-order valence-corrected chi connectivity index (χ2v) is 9.67. The first-order valence-electron chi connectivity index (χ1n) is 10.5. The first-order valence-corrected chi connectivity index (χ1v) is 11.9. The first-order chi connectivity index (χ1) is 16.2. The number of hydrogen-bond donors (Lipinski definition) is 0. The van der Waals surface area contributed by atoms with Crippen molar-refractivity contribution in [3.05, 3.63) is 82.9 Å². The molecule has 0 aliphatic carbocycles.